The standard InChI is InChI=1S/C11H15NO3S/c1-9(8-13)16(14,15)12-6-10-4-2-3-5-11(10)7-12/h2-5,9,13H,6-8H2,1H3. The molecule has 4 nitrogen and oxygen atoms in total. The van der Waals surface area contributed by atoms with Crippen LogP contribution in [0.3, 0.4) is 0 Å². The lowest BCUT2D eigenvalue weighted by Gasteiger charge is -2.19. The van der Waals surface area contributed by atoms with Gasteiger partial charge in [0.25, 0.3) is 0 Å². The first-order chi connectivity index (χ1) is 7.55. The second-order valence-electron chi connectivity index (χ2n) is 4.07. The van der Waals surface area contributed by atoms with Crippen molar-refractivity contribution in [2.45, 2.75) is 25.3 Å². The number of aliphatic hydroxyl groups is 1. The molecule has 0 saturated heterocycles. The monoisotopic (exact) mass is 241 g/mol. The average molecular weight is 241 g/mol. The summed E-state index contributed by atoms with van der Waals surface area (Å²) in [6, 6.07) is 7.69. The maximum absolute atomic E-state index is 12.0. The summed E-state index contributed by atoms with van der Waals surface area (Å²) in [6.45, 7) is 2.03. The molecular weight excluding hydrogens is 226 g/mol. The summed E-state index contributed by atoms with van der Waals surface area (Å²) < 4.78 is 25.4. The van der Waals surface area contributed by atoms with Gasteiger partial charge < -0.3 is 5.11 Å². The molecule has 1 aromatic carbocycles. The van der Waals surface area contributed by atoms with Crippen molar-refractivity contribution in [3.8, 4) is 0 Å². The van der Waals surface area contributed by atoms with Crippen molar-refractivity contribution < 1.29 is 13.5 Å². The van der Waals surface area contributed by atoms with Crippen LogP contribution in [0.15, 0.2) is 24.3 Å². The summed E-state index contributed by atoms with van der Waals surface area (Å²) >= 11 is 0. The predicted molar refractivity (Wildman–Crippen MR) is 61.2 cm³/mol. The molecule has 1 heterocycles. The molecule has 0 fully saturated rings. The van der Waals surface area contributed by atoms with Gasteiger partial charge in [0.1, 0.15) is 0 Å². The number of fused-ring (bicyclic) bond motifs is 1. The lowest BCUT2D eigenvalue weighted by atomic mass is 10.1. The maximum Gasteiger partial charge on any atom is 0.219 e. The lowest BCUT2D eigenvalue weighted by Crippen LogP contribution is -2.35. The van der Waals surface area contributed by atoms with Gasteiger partial charge in [0, 0.05) is 13.1 Å². The van der Waals surface area contributed by atoms with Crippen LogP contribution in [0, 0.1) is 0 Å². The normalized spacial score (nSPS) is 18.4. The Balaban J connectivity index is 2.24. The molecule has 1 aliphatic rings. The summed E-state index contributed by atoms with van der Waals surface area (Å²) in [7, 11) is -3.37. The van der Waals surface area contributed by atoms with Crippen LogP contribution in [0.25, 0.3) is 0 Å². The molecule has 16 heavy (non-hydrogen) atoms. The van der Waals surface area contributed by atoms with Crippen molar-refractivity contribution in [3.05, 3.63) is 35.4 Å². The second kappa shape index (κ2) is 4.16. The predicted octanol–water partition coefficient (Wildman–Crippen LogP) is 0.713. The fourth-order valence-corrected chi connectivity index (χ4v) is 3.17. The fraction of sp³-hybridized carbons (Fsp3) is 0.455. The number of aliphatic hydroxyl groups excluding tert-OH is 1. The highest BCUT2D eigenvalue weighted by atomic mass is 32.2. The van der Waals surface area contributed by atoms with Crippen molar-refractivity contribution in [2.24, 2.45) is 0 Å². The molecule has 1 aromatic rings. The molecule has 0 aromatic heterocycles. The van der Waals surface area contributed by atoms with Gasteiger partial charge >= 0.3 is 0 Å². The van der Waals surface area contributed by atoms with E-state index in [4.69, 9.17) is 5.11 Å². The third-order valence-electron chi connectivity index (χ3n) is 2.94. The Kier molecular flexibility index (Phi) is 3.01. The summed E-state index contributed by atoms with van der Waals surface area (Å²) in [4.78, 5) is 0. The number of sulfonamides is 1. The van der Waals surface area contributed by atoms with Crippen LogP contribution >= 0.6 is 0 Å². The topological polar surface area (TPSA) is 57.6 Å². The van der Waals surface area contributed by atoms with Gasteiger partial charge in [0.05, 0.1) is 11.9 Å². The van der Waals surface area contributed by atoms with Crippen molar-refractivity contribution in [3.63, 3.8) is 0 Å². The van der Waals surface area contributed by atoms with E-state index in [1.807, 2.05) is 24.3 Å². The molecular formula is C11H15NO3S. The van der Waals surface area contributed by atoms with Crippen LogP contribution in [0.5, 0.6) is 0 Å². The second-order valence-corrected chi connectivity index (χ2v) is 6.43. The molecule has 1 unspecified atom stereocenters. The van der Waals surface area contributed by atoms with Crippen LogP contribution < -0.4 is 0 Å². The number of hydrogen-bond acceptors (Lipinski definition) is 3. The minimum atomic E-state index is -3.37. The molecule has 1 N–H and O–H groups in total. The molecule has 5 heteroatoms. The average Bonchev–Trinajstić information content (AvgIpc) is 2.72. The molecule has 0 amide bonds. The SMILES string of the molecule is CC(CO)S(=O)(=O)N1Cc2ccccc2C1. The van der Waals surface area contributed by atoms with E-state index in [0.29, 0.717) is 13.1 Å². The number of rotatable bonds is 3. The molecule has 0 spiro atoms. The Morgan fingerprint density at radius 3 is 2.25 bits per heavy atom. The summed E-state index contributed by atoms with van der Waals surface area (Å²) in [5.41, 5.74) is 2.10. The largest absolute Gasteiger partial charge is 0.395 e. The van der Waals surface area contributed by atoms with E-state index in [0.717, 1.165) is 11.1 Å². The van der Waals surface area contributed by atoms with Crippen molar-refractivity contribution in [2.75, 3.05) is 6.61 Å². The van der Waals surface area contributed by atoms with Crippen molar-refractivity contribution >= 4 is 10.0 Å². The van der Waals surface area contributed by atoms with Crippen molar-refractivity contribution in [1.82, 2.24) is 4.31 Å². The molecule has 0 saturated carbocycles. The van der Waals surface area contributed by atoms with Gasteiger partial charge in [0.15, 0.2) is 0 Å². The highest BCUT2D eigenvalue weighted by molar-refractivity contribution is 7.89. The first-order valence-electron chi connectivity index (χ1n) is 5.22. The highest BCUT2D eigenvalue weighted by Crippen LogP contribution is 2.26. The van der Waals surface area contributed by atoms with Crippen LogP contribution in [-0.2, 0) is 23.1 Å². The molecule has 2 rings (SSSR count). The van der Waals surface area contributed by atoms with Gasteiger partial charge in [0.2, 0.25) is 10.0 Å². The third kappa shape index (κ3) is 1.86. The number of nitrogens with zero attached hydrogens (tertiary/aromatic N) is 1. The van der Waals surface area contributed by atoms with E-state index < -0.39 is 15.3 Å². The molecule has 88 valence electrons. The van der Waals surface area contributed by atoms with E-state index in [1.54, 1.807) is 0 Å². The van der Waals surface area contributed by atoms with E-state index in [2.05, 4.69) is 0 Å². The van der Waals surface area contributed by atoms with Gasteiger partial charge in [-0.1, -0.05) is 24.3 Å². The Labute approximate surface area is 95.6 Å². The highest BCUT2D eigenvalue weighted by Gasteiger charge is 2.32. The van der Waals surface area contributed by atoms with Gasteiger partial charge in [-0.3, -0.25) is 0 Å². The maximum atomic E-state index is 12.0. The van der Waals surface area contributed by atoms with Crippen LogP contribution in [0.1, 0.15) is 18.1 Å². The number of hydrogen-bond donors (Lipinski definition) is 1. The minimum Gasteiger partial charge on any atom is -0.395 e. The zero-order chi connectivity index (χ0) is 11.8. The van der Waals surface area contributed by atoms with E-state index in [9.17, 15) is 8.42 Å². The zero-order valence-corrected chi connectivity index (χ0v) is 9.94. The van der Waals surface area contributed by atoms with Gasteiger partial charge in [-0.15, -0.1) is 0 Å². The summed E-state index contributed by atoms with van der Waals surface area (Å²) in [5, 5.41) is 8.21. The summed E-state index contributed by atoms with van der Waals surface area (Å²) in [6.07, 6.45) is 0. The first-order valence-corrected chi connectivity index (χ1v) is 6.72. The molecule has 0 aliphatic carbocycles. The number of benzene rings is 1. The van der Waals surface area contributed by atoms with E-state index in [-0.39, 0.29) is 6.61 Å². The Bertz CT molecular complexity index is 459. The first kappa shape index (κ1) is 11.6. The fourth-order valence-electron chi connectivity index (χ4n) is 1.83. The Morgan fingerprint density at radius 2 is 1.81 bits per heavy atom. The molecule has 1 atom stereocenters. The van der Waals surface area contributed by atoms with E-state index in [1.165, 1.54) is 11.2 Å². The van der Waals surface area contributed by atoms with Gasteiger partial charge in [-0.25, -0.2) is 8.42 Å². The van der Waals surface area contributed by atoms with Gasteiger partial charge in [-0.2, -0.15) is 4.31 Å². The van der Waals surface area contributed by atoms with Crippen LogP contribution in [-0.4, -0.2) is 29.7 Å². The Morgan fingerprint density at radius 1 is 1.31 bits per heavy atom. The van der Waals surface area contributed by atoms with Gasteiger partial charge in [-0.05, 0) is 18.1 Å². The van der Waals surface area contributed by atoms with Crippen LogP contribution in [0.4, 0.5) is 0 Å². The van der Waals surface area contributed by atoms with E-state index >= 15 is 0 Å². The van der Waals surface area contributed by atoms with Crippen LogP contribution in [0.2, 0.25) is 0 Å². The zero-order valence-electron chi connectivity index (χ0n) is 9.13. The summed E-state index contributed by atoms with van der Waals surface area (Å²) in [5.74, 6) is 0. The molecule has 0 bridgehead atoms. The quantitative estimate of drug-likeness (QED) is 0.848. The minimum absolute atomic E-state index is 0.338. The molecule has 0 radical (unpaired) electrons. The Hall–Kier alpha value is -0.910. The van der Waals surface area contributed by atoms with Crippen molar-refractivity contribution in [1.29, 1.82) is 0 Å². The molecule has 1 aliphatic heterocycles. The lowest BCUT2D eigenvalue weighted by molar-refractivity contribution is 0.289. The smallest absolute Gasteiger partial charge is 0.219 e. The third-order valence-corrected chi connectivity index (χ3v) is 5.08.